The lowest BCUT2D eigenvalue weighted by molar-refractivity contribution is -0.118. The Balaban J connectivity index is 1.63. The average molecular weight is 365 g/mol. The van der Waals surface area contributed by atoms with Crippen molar-refractivity contribution in [2.75, 3.05) is 23.3 Å². The molecule has 0 aromatic heterocycles. The molecule has 1 aliphatic heterocycles. The van der Waals surface area contributed by atoms with E-state index in [1.807, 2.05) is 42.5 Å². The van der Waals surface area contributed by atoms with Gasteiger partial charge in [0, 0.05) is 36.9 Å². The third-order valence-corrected chi connectivity index (χ3v) is 4.82. The molecular formula is C22H27N3O2. The van der Waals surface area contributed by atoms with E-state index in [2.05, 4.69) is 36.2 Å². The molecule has 1 aliphatic rings. The van der Waals surface area contributed by atoms with Crippen molar-refractivity contribution in [1.29, 1.82) is 0 Å². The molecule has 2 aromatic carbocycles. The maximum absolute atomic E-state index is 12.6. The van der Waals surface area contributed by atoms with Crippen LogP contribution in [0.25, 0.3) is 0 Å². The second-order valence-electron chi connectivity index (χ2n) is 7.23. The molecule has 1 saturated heterocycles. The van der Waals surface area contributed by atoms with Crippen molar-refractivity contribution in [1.82, 2.24) is 4.90 Å². The van der Waals surface area contributed by atoms with Crippen LogP contribution < -0.4 is 10.2 Å². The predicted octanol–water partition coefficient (Wildman–Crippen LogP) is 3.66. The Morgan fingerprint density at radius 3 is 2.59 bits per heavy atom. The lowest BCUT2D eigenvalue weighted by Crippen LogP contribution is -2.37. The standard InChI is InChI=1S/C22H27N3O2/c1-17(2)24(15-18-8-4-3-5-9-18)16-21(26)23-19-10-6-11-20(14-19)25-13-7-12-22(25)27/h3-6,8-11,14,17H,7,12-13,15-16H2,1-2H3,(H,23,26). The Morgan fingerprint density at radius 2 is 1.93 bits per heavy atom. The Bertz CT molecular complexity index is 789. The maximum atomic E-state index is 12.6. The average Bonchev–Trinajstić information content (AvgIpc) is 3.08. The Morgan fingerprint density at radius 1 is 1.15 bits per heavy atom. The van der Waals surface area contributed by atoms with Crippen LogP contribution in [0.3, 0.4) is 0 Å². The van der Waals surface area contributed by atoms with Gasteiger partial charge in [-0.1, -0.05) is 36.4 Å². The fourth-order valence-corrected chi connectivity index (χ4v) is 3.30. The Hall–Kier alpha value is -2.66. The fourth-order valence-electron chi connectivity index (χ4n) is 3.30. The monoisotopic (exact) mass is 365 g/mol. The minimum Gasteiger partial charge on any atom is -0.325 e. The van der Waals surface area contributed by atoms with E-state index < -0.39 is 0 Å². The number of benzene rings is 2. The molecule has 5 heteroatoms. The Labute approximate surface area is 161 Å². The molecule has 0 unspecified atom stereocenters. The summed E-state index contributed by atoms with van der Waals surface area (Å²) in [6, 6.07) is 17.9. The summed E-state index contributed by atoms with van der Waals surface area (Å²) in [6.45, 7) is 5.98. The second-order valence-corrected chi connectivity index (χ2v) is 7.23. The van der Waals surface area contributed by atoms with Gasteiger partial charge in [0.2, 0.25) is 11.8 Å². The summed E-state index contributed by atoms with van der Waals surface area (Å²) in [4.78, 5) is 28.4. The van der Waals surface area contributed by atoms with Crippen molar-refractivity contribution < 1.29 is 9.59 Å². The van der Waals surface area contributed by atoms with Crippen LogP contribution in [0.4, 0.5) is 11.4 Å². The first-order valence-corrected chi connectivity index (χ1v) is 9.51. The van der Waals surface area contributed by atoms with Gasteiger partial charge in [0.1, 0.15) is 0 Å². The molecule has 2 amide bonds. The molecule has 27 heavy (non-hydrogen) atoms. The largest absolute Gasteiger partial charge is 0.325 e. The molecule has 0 spiro atoms. The van der Waals surface area contributed by atoms with Crippen molar-refractivity contribution in [3.63, 3.8) is 0 Å². The number of carbonyl (C=O) groups excluding carboxylic acids is 2. The van der Waals surface area contributed by atoms with E-state index in [1.54, 1.807) is 4.90 Å². The summed E-state index contributed by atoms with van der Waals surface area (Å²) in [5, 5.41) is 2.97. The van der Waals surface area contributed by atoms with Crippen LogP contribution in [-0.4, -0.2) is 35.8 Å². The number of nitrogens with zero attached hydrogens (tertiary/aromatic N) is 2. The third-order valence-electron chi connectivity index (χ3n) is 4.82. The van der Waals surface area contributed by atoms with Crippen LogP contribution in [0, 0.1) is 0 Å². The van der Waals surface area contributed by atoms with E-state index in [0.717, 1.165) is 30.9 Å². The molecule has 0 radical (unpaired) electrons. The van der Waals surface area contributed by atoms with Crippen molar-refractivity contribution in [3.8, 4) is 0 Å². The van der Waals surface area contributed by atoms with Gasteiger partial charge >= 0.3 is 0 Å². The van der Waals surface area contributed by atoms with E-state index in [9.17, 15) is 9.59 Å². The summed E-state index contributed by atoms with van der Waals surface area (Å²) in [6.07, 6.45) is 1.48. The number of hydrogen-bond acceptors (Lipinski definition) is 3. The smallest absolute Gasteiger partial charge is 0.238 e. The summed E-state index contributed by atoms with van der Waals surface area (Å²) in [5.41, 5.74) is 2.76. The van der Waals surface area contributed by atoms with Crippen LogP contribution in [0.5, 0.6) is 0 Å². The summed E-state index contributed by atoms with van der Waals surface area (Å²) < 4.78 is 0. The Kier molecular flexibility index (Phi) is 6.24. The summed E-state index contributed by atoms with van der Waals surface area (Å²) in [7, 11) is 0. The van der Waals surface area contributed by atoms with Gasteiger partial charge < -0.3 is 10.2 Å². The van der Waals surface area contributed by atoms with E-state index in [4.69, 9.17) is 0 Å². The zero-order valence-corrected chi connectivity index (χ0v) is 16.0. The molecular weight excluding hydrogens is 338 g/mol. The van der Waals surface area contributed by atoms with Gasteiger partial charge in [0.15, 0.2) is 0 Å². The normalized spacial score (nSPS) is 14.2. The molecule has 1 fully saturated rings. The predicted molar refractivity (Wildman–Crippen MR) is 109 cm³/mol. The zero-order valence-electron chi connectivity index (χ0n) is 16.0. The first kappa shape index (κ1) is 19.1. The van der Waals surface area contributed by atoms with Gasteiger partial charge in [-0.25, -0.2) is 0 Å². The number of carbonyl (C=O) groups is 2. The van der Waals surface area contributed by atoms with Gasteiger partial charge in [-0.15, -0.1) is 0 Å². The van der Waals surface area contributed by atoms with Crippen molar-refractivity contribution in [3.05, 3.63) is 60.2 Å². The lowest BCUT2D eigenvalue weighted by atomic mass is 10.2. The fraction of sp³-hybridized carbons (Fsp3) is 0.364. The minimum atomic E-state index is -0.0514. The first-order valence-electron chi connectivity index (χ1n) is 9.51. The first-order chi connectivity index (χ1) is 13.0. The number of nitrogens with one attached hydrogen (secondary N) is 1. The number of hydrogen-bond donors (Lipinski definition) is 1. The molecule has 0 aliphatic carbocycles. The summed E-state index contributed by atoms with van der Waals surface area (Å²) >= 11 is 0. The van der Waals surface area contributed by atoms with E-state index in [0.29, 0.717) is 13.0 Å². The SMILES string of the molecule is CC(C)N(CC(=O)Nc1cccc(N2CCCC2=O)c1)Cc1ccccc1. The third kappa shape index (κ3) is 5.17. The van der Waals surface area contributed by atoms with Crippen molar-refractivity contribution in [2.24, 2.45) is 0 Å². The van der Waals surface area contributed by atoms with Crippen LogP contribution in [0.2, 0.25) is 0 Å². The molecule has 0 atom stereocenters. The van der Waals surface area contributed by atoms with Crippen LogP contribution in [-0.2, 0) is 16.1 Å². The highest BCUT2D eigenvalue weighted by atomic mass is 16.2. The minimum absolute atomic E-state index is 0.0514. The maximum Gasteiger partial charge on any atom is 0.238 e. The van der Waals surface area contributed by atoms with E-state index in [-0.39, 0.29) is 17.9 Å². The zero-order chi connectivity index (χ0) is 19.2. The number of amides is 2. The van der Waals surface area contributed by atoms with Crippen LogP contribution in [0.1, 0.15) is 32.3 Å². The van der Waals surface area contributed by atoms with Gasteiger partial charge in [0.05, 0.1) is 6.54 Å². The topological polar surface area (TPSA) is 52.7 Å². The van der Waals surface area contributed by atoms with E-state index >= 15 is 0 Å². The molecule has 0 bridgehead atoms. The molecule has 3 rings (SSSR count). The molecule has 0 saturated carbocycles. The van der Waals surface area contributed by atoms with Crippen molar-refractivity contribution >= 4 is 23.2 Å². The van der Waals surface area contributed by atoms with Gasteiger partial charge in [-0.3, -0.25) is 14.5 Å². The van der Waals surface area contributed by atoms with Gasteiger partial charge in [-0.2, -0.15) is 0 Å². The highest BCUT2D eigenvalue weighted by molar-refractivity contribution is 5.97. The number of anilines is 2. The van der Waals surface area contributed by atoms with Crippen molar-refractivity contribution in [2.45, 2.75) is 39.3 Å². The quantitative estimate of drug-likeness (QED) is 0.815. The molecule has 1 N–H and O–H groups in total. The summed E-state index contributed by atoms with van der Waals surface area (Å²) in [5.74, 6) is 0.0943. The molecule has 2 aromatic rings. The molecule has 5 nitrogen and oxygen atoms in total. The van der Waals surface area contributed by atoms with Crippen LogP contribution in [0.15, 0.2) is 54.6 Å². The van der Waals surface area contributed by atoms with Crippen LogP contribution >= 0.6 is 0 Å². The van der Waals surface area contributed by atoms with E-state index in [1.165, 1.54) is 5.56 Å². The molecule has 1 heterocycles. The molecule has 142 valence electrons. The van der Waals surface area contributed by atoms with Gasteiger partial charge in [0.25, 0.3) is 0 Å². The highest BCUT2D eigenvalue weighted by Gasteiger charge is 2.22. The van der Waals surface area contributed by atoms with Gasteiger partial charge in [-0.05, 0) is 44.0 Å². The second kappa shape index (κ2) is 8.82. The highest BCUT2D eigenvalue weighted by Crippen LogP contribution is 2.24. The number of rotatable bonds is 7. The lowest BCUT2D eigenvalue weighted by Gasteiger charge is -2.26.